The number of nitrogen functional groups attached to an aromatic ring is 1. The van der Waals surface area contributed by atoms with E-state index >= 15 is 0 Å². The summed E-state index contributed by atoms with van der Waals surface area (Å²) in [5.74, 6) is -1.01. The van der Waals surface area contributed by atoms with E-state index in [4.69, 9.17) is 22.4 Å². The van der Waals surface area contributed by atoms with E-state index in [9.17, 15) is 4.79 Å². The van der Waals surface area contributed by atoms with Crippen LogP contribution < -0.4 is 5.73 Å². The van der Waals surface area contributed by atoms with Crippen molar-refractivity contribution in [3.05, 3.63) is 53.1 Å². The number of rotatable bonds is 2. The van der Waals surface area contributed by atoms with Crippen LogP contribution in [0.2, 0.25) is 5.02 Å². The molecule has 0 spiro atoms. The van der Waals surface area contributed by atoms with Gasteiger partial charge in [0.25, 0.3) is 0 Å². The van der Waals surface area contributed by atoms with E-state index in [1.54, 1.807) is 18.2 Å². The van der Waals surface area contributed by atoms with Gasteiger partial charge in [0.1, 0.15) is 0 Å². The minimum absolute atomic E-state index is 0.153. The summed E-state index contributed by atoms with van der Waals surface area (Å²) in [6, 6.07) is 11.9. The summed E-state index contributed by atoms with van der Waals surface area (Å²) in [5.41, 5.74) is 7.70. The number of halogens is 1. The van der Waals surface area contributed by atoms with Gasteiger partial charge in [0.15, 0.2) is 0 Å². The van der Waals surface area contributed by atoms with Crippen molar-refractivity contribution in [1.82, 2.24) is 0 Å². The minimum Gasteiger partial charge on any atom is -0.478 e. The molecule has 4 heteroatoms. The summed E-state index contributed by atoms with van der Waals surface area (Å²) in [7, 11) is 0. The lowest BCUT2D eigenvalue weighted by atomic mass is 10.0. The van der Waals surface area contributed by atoms with Crippen molar-refractivity contribution in [2.45, 2.75) is 0 Å². The molecule has 2 aromatic rings. The first kappa shape index (κ1) is 11.5. The number of carboxylic acid groups (broad SMARTS) is 1. The zero-order valence-corrected chi connectivity index (χ0v) is 9.61. The zero-order valence-electron chi connectivity index (χ0n) is 8.85. The van der Waals surface area contributed by atoms with Crippen molar-refractivity contribution in [1.29, 1.82) is 0 Å². The number of nitrogens with two attached hydrogens (primary N) is 1. The molecule has 2 rings (SSSR count). The van der Waals surface area contributed by atoms with E-state index in [0.717, 1.165) is 5.56 Å². The van der Waals surface area contributed by atoms with Crippen LogP contribution in [0.1, 0.15) is 10.4 Å². The van der Waals surface area contributed by atoms with E-state index in [2.05, 4.69) is 0 Å². The molecule has 3 N–H and O–H groups in total. The lowest BCUT2D eigenvalue weighted by Gasteiger charge is -2.07. The summed E-state index contributed by atoms with van der Waals surface area (Å²) in [5, 5.41) is 9.53. The van der Waals surface area contributed by atoms with Crippen molar-refractivity contribution in [2.75, 3.05) is 5.73 Å². The Morgan fingerprint density at radius 2 is 1.88 bits per heavy atom. The molecule has 0 aliphatic rings. The number of aromatic carboxylic acids is 1. The number of benzene rings is 2. The van der Waals surface area contributed by atoms with E-state index in [1.165, 1.54) is 6.07 Å². The van der Waals surface area contributed by atoms with Gasteiger partial charge in [-0.25, -0.2) is 4.79 Å². The lowest BCUT2D eigenvalue weighted by Crippen LogP contribution is -1.98. The van der Waals surface area contributed by atoms with Gasteiger partial charge >= 0.3 is 5.97 Å². The second-order valence-electron chi connectivity index (χ2n) is 3.63. The maximum atomic E-state index is 10.9. The summed E-state index contributed by atoms with van der Waals surface area (Å²) < 4.78 is 0. The molecule has 0 aliphatic carbocycles. The van der Waals surface area contributed by atoms with Crippen LogP contribution in [0.5, 0.6) is 0 Å². The van der Waals surface area contributed by atoms with Crippen LogP contribution in [0.15, 0.2) is 42.5 Å². The van der Waals surface area contributed by atoms with Gasteiger partial charge in [-0.2, -0.15) is 0 Å². The summed E-state index contributed by atoms with van der Waals surface area (Å²) >= 11 is 6.05. The van der Waals surface area contributed by atoms with Gasteiger partial charge in [0.2, 0.25) is 0 Å². The highest BCUT2D eigenvalue weighted by atomic mass is 35.5. The highest BCUT2D eigenvalue weighted by Gasteiger charge is 2.09. The lowest BCUT2D eigenvalue weighted by molar-refractivity contribution is 0.0697. The number of hydrogen-bond acceptors (Lipinski definition) is 2. The predicted octanol–water partition coefficient (Wildman–Crippen LogP) is 3.29. The van der Waals surface area contributed by atoms with Crippen LogP contribution in [0, 0.1) is 0 Å². The third-order valence-corrected chi connectivity index (χ3v) is 2.72. The van der Waals surface area contributed by atoms with Gasteiger partial charge in [-0.05, 0) is 29.8 Å². The highest BCUT2D eigenvalue weighted by molar-refractivity contribution is 6.33. The minimum atomic E-state index is -1.01. The standard InChI is InChI=1S/C13H10ClNO2/c14-12-4-2-1-3-11(12)8-5-9(13(16)17)7-10(15)6-8/h1-7H,15H2,(H,16,17). The number of carboxylic acids is 1. The van der Waals surface area contributed by atoms with Crippen LogP contribution in [-0.4, -0.2) is 11.1 Å². The van der Waals surface area contributed by atoms with Gasteiger partial charge in [-0.1, -0.05) is 29.8 Å². The third-order valence-electron chi connectivity index (χ3n) is 2.39. The first-order chi connectivity index (χ1) is 8.08. The van der Waals surface area contributed by atoms with Gasteiger partial charge in [0.05, 0.1) is 5.56 Å². The van der Waals surface area contributed by atoms with Crippen LogP contribution >= 0.6 is 11.6 Å². The normalized spacial score (nSPS) is 10.2. The molecular weight excluding hydrogens is 238 g/mol. The summed E-state index contributed by atoms with van der Waals surface area (Å²) in [6.07, 6.45) is 0. The Morgan fingerprint density at radius 1 is 1.18 bits per heavy atom. The van der Waals surface area contributed by atoms with Gasteiger partial charge in [-0.15, -0.1) is 0 Å². The zero-order chi connectivity index (χ0) is 12.4. The molecule has 0 amide bonds. The summed E-state index contributed by atoms with van der Waals surface area (Å²) in [4.78, 5) is 10.9. The number of anilines is 1. The Labute approximate surface area is 103 Å². The Hall–Kier alpha value is -2.00. The smallest absolute Gasteiger partial charge is 0.335 e. The molecule has 86 valence electrons. The quantitative estimate of drug-likeness (QED) is 0.801. The number of carbonyl (C=O) groups is 1. The first-order valence-corrected chi connectivity index (χ1v) is 5.34. The molecule has 17 heavy (non-hydrogen) atoms. The second-order valence-corrected chi connectivity index (χ2v) is 4.04. The van der Waals surface area contributed by atoms with Crippen LogP contribution in [-0.2, 0) is 0 Å². The van der Waals surface area contributed by atoms with Crippen molar-refractivity contribution >= 4 is 23.3 Å². The van der Waals surface area contributed by atoms with E-state index in [1.807, 2.05) is 18.2 Å². The molecule has 0 aromatic heterocycles. The Balaban J connectivity index is 2.60. The molecule has 0 fully saturated rings. The molecule has 0 unspecified atom stereocenters. The van der Waals surface area contributed by atoms with Crippen LogP contribution in [0.4, 0.5) is 5.69 Å². The van der Waals surface area contributed by atoms with Gasteiger partial charge < -0.3 is 10.8 Å². The van der Waals surface area contributed by atoms with E-state index in [0.29, 0.717) is 16.3 Å². The predicted molar refractivity (Wildman–Crippen MR) is 68.3 cm³/mol. The maximum Gasteiger partial charge on any atom is 0.335 e. The van der Waals surface area contributed by atoms with Crippen molar-refractivity contribution in [3.63, 3.8) is 0 Å². The molecule has 0 bridgehead atoms. The Bertz CT molecular complexity index is 581. The average Bonchev–Trinajstić information content (AvgIpc) is 2.28. The van der Waals surface area contributed by atoms with E-state index in [-0.39, 0.29) is 5.56 Å². The topological polar surface area (TPSA) is 63.3 Å². The molecule has 3 nitrogen and oxygen atoms in total. The molecule has 0 heterocycles. The SMILES string of the molecule is Nc1cc(C(=O)O)cc(-c2ccccc2Cl)c1. The molecule has 0 saturated heterocycles. The molecule has 2 aromatic carbocycles. The van der Waals surface area contributed by atoms with Crippen molar-refractivity contribution < 1.29 is 9.90 Å². The fourth-order valence-electron chi connectivity index (χ4n) is 1.63. The van der Waals surface area contributed by atoms with E-state index < -0.39 is 5.97 Å². The van der Waals surface area contributed by atoms with Crippen molar-refractivity contribution in [3.8, 4) is 11.1 Å². The van der Waals surface area contributed by atoms with Crippen LogP contribution in [0.3, 0.4) is 0 Å². The maximum absolute atomic E-state index is 10.9. The largest absolute Gasteiger partial charge is 0.478 e. The number of hydrogen-bond donors (Lipinski definition) is 2. The Kier molecular flexibility index (Phi) is 3.02. The van der Waals surface area contributed by atoms with Gasteiger partial charge in [-0.3, -0.25) is 0 Å². The second kappa shape index (κ2) is 4.47. The molecule has 0 saturated carbocycles. The molecular formula is C13H10ClNO2. The highest BCUT2D eigenvalue weighted by Crippen LogP contribution is 2.29. The fourth-order valence-corrected chi connectivity index (χ4v) is 1.87. The Morgan fingerprint density at radius 3 is 2.53 bits per heavy atom. The fraction of sp³-hybridized carbons (Fsp3) is 0. The molecule has 0 aliphatic heterocycles. The van der Waals surface area contributed by atoms with Gasteiger partial charge in [0, 0.05) is 16.3 Å². The first-order valence-electron chi connectivity index (χ1n) is 4.96. The summed E-state index contributed by atoms with van der Waals surface area (Å²) in [6.45, 7) is 0. The van der Waals surface area contributed by atoms with Crippen molar-refractivity contribution in [2.24, 2.45) is 0 Å². The third kappa shape index (κ3) is 2.40. The molecule has 0 atom stereocenters. The molecule has 0 radical (unpaired) electrons. The van der Waals surface area contributed by atoms with Crippen LogP contribution in [0.25, 0.3) is 11.1 Å². The monoisotopic (exact) mass is 247 g/mol. The average molecular weight is 248 g/mol.